The molecule has 96 valence electrons. The van der Waals surface area contributed by atoms with Crippen LogP contribution in [-0.4, -0.2) is 6.18 Å². The van der Waals surface area contributed by atoms with E-state index in [-0.39, 0.29) is 0 Å². The molecule has 0 spiro atoms. The standard InChI is InChI=1S/C9H4Cl2F6/c10-7(11,9(15,16)17)5-3-1-2-4-6(5)8(12,13)14/h1-4H. The molecule has 0 N–H and O–H groups in total. The van der Waals surface area contributed by atoms with E-state index < -0.39 is 27.8 Å². The lowest BCUT2D eigenvalue weighted by molar-refractivity contribution is -0.151. The number of hydrogen-bond acceptors (Lipinski definition) is 0. The van der Waals surface area contributed by atoms with Crippen LogP contribution in [0.15, 0.2) is 24.3 Å². The van der Waals surface area contributed by atoms with Crippen molar-refractivity contribution < 1.29 is 26.3 Å². The summed E-state index contributed by atoms with van der Waals surface area (Å²) in [4.78, 5) is 0. The van der Waals surface area contributed by atoms with Gasteiger partial charge in [-0.2, -0.15) is 26.3 Å². The largest absolute Gasteiger partial charge is 0.425 e. The Morgan fingerprint density at radius 2 is 1.18 bits per heavy atom. The minimum Gasteiger partial charge on any atom is -0.167 e. The molecule has 0 amide bonds. The van der Waals surface area contributed by atoms with Crippen molar-refractivity contribution in [3.8, 4) is 0 Å². The predicted molar refractivity (Wildman–Crippen MR) is 50.9 cm³/mol. The van der Waals surface area contributed by atoms with E-state index in [1.165, 1.54) is 0 Å². The summed E-state index contributed by atoms with van der Waals surface area (Å²) in [7, 11) is 0. The van der Waals surface area contributed by atoms with Gasteiger partial charge in [-0.3, -0.25) is 0 Å². The number of rotatable bonds is 1. The van der Waals surface area contributed by atoms with Gasteiger partial charge in [0, 0.05) is 5.56 Å². The lowest BCUT2D eigenvalue weighted by atomic mass is 10.0. The summed E-state index contributed by atoms with van der Waals surface area (Å²) in [5.74, 6) is 0. The molecule has 0 radical (unpaired) electrons. The summed E-state index contributed by atoms with van der Waals surface area (Å²) in [5.41, 5.74) is -2.74. The quantitative estimate of drug-likeness (QED) is 0.511. The van der Waals surface area contributed by atoms with Gasteiger partial charge in [-0.25, -0.2) is 0 Å². The van der Waals surface area contributed by atoms with Gasteiger partial charge in [-0.05, 0) is 6.07 Å². The molecule has 0 saturated heterocycles. The topological polar surface area (TPSA) is 0 Å². The van der Waals surface area contributed by atoms with E-state index in [1.807, 2.05) is 0 Å². The fourth-order valence-corrected chi connectivity index (χ4v) is 1.49. The maximum Gasteiger partial charge on any atom is 0.425 e. The number of hydrogen-bond donors (Lipinski definition) is 0. The first-order chi connectivity index (χ1) is 7.48. The average molecular weight is 297 g/mol. The first-order valence-electron chi connectivity index (χ1n) is 4.09. The smallest absolute Gasteiger partial charge is 0.167 e. The average Bonchev–Trinajstić information content (AvgIpc) is 2.14. The first-order valence-corrected chi connectivity index (χ1v) is 4.85. The summed E-state index contributed by atoms with van der Waals surface area (Å²) in [6.07, 6.45) is -10.2. The molecule has 1 aromatic rings. The molecule has 0 unspecified atom stereocenters. The van der Waals surface area contributed by atoms with E-state index in [1.54, 1.807) is 0 Å². The molecular formula is C9H4Cl2F6. The van der Waals surface area contributed by atoms with Gasteiger partial charge in [0.1, 0.15) is 0 Å². The van der Waals surface area contributed by atoms with Crippen molar-refractivity contribution in [1.82, 2.24) is 0 Å². The highest BCUT2D eigenvalue weighted by Gasteiger charge is 2.56. The summed E-state index contributed by atoms with van der Waals surface area (Å²) < 4.78 is 71.2. The highest BCUT2D eigenvalue weighted by atomic mass is 35.5. The van der Waals surface area contributed by atoms with Crippen molar-refractivity contribution in [2.24, 2.45) is 0 Å². The third-order valence-electron chi connectivity index (χ3n) is 1.93. The maximum absolute atomic E-state index is 12.5. The molecule has 0 saturated carbocycles. The lowest BCUT2D eigenvalue weighted by Crippen LogP contribution is -2.33. The Hall–Kier alpha value is -0.620. The van der Waals surface area contributed by atoms with Crippen molar-refractivity contribution in [3.05, 3.63) is 35.4 Å². The molecule has 0 nitrogen and oxygen atoms in total. The van der Waals surface area contributed by atoms with Gasteiger partial charge in [0.25, 0.3) is 0 Å². The molecule has 1 rings (SSSR count). The highest BCUT2D eigenvalue weighted by molar-refractivity contribution is 6.48. The van der Waals surface area contributed by atoms with Crippen LogP contribution in [-0.2, 0) is 10.5 Å². The summed E-state index contributed by atoms with van der Waals surface area (Å²) >= 11 is 9.98. The van der Waals surface area contributed by atoms with Crippen LogP contribution < -0.4 is 0 Å². The Balaban J connectivity index is 3.43. The van der Waals surface area contributed by atoms with Crippen LogP contribution in [0.25, 0.3) is 0 Å². The van der Waals surface area contributed by atoms with Crippen LogP contribution in [0.1, 0.15) is 11.1 Å². The van der Waals surface area contributed by atoms with Crippen molar-refractivity contribution in [1.29, 1.82) is 0 Å². The molecule has 0 aromatic heterocycles. The van der Waals surface area contributed by atoms with Gasteiger partial charge in [-0.15, -0.1) is 0 Å². The van der Waals surface area contributed by atoms with Gasteiger partial charge in [0.2, 0.25) is 4.33 Å². The Morgan fingerprint density at radius 1 is 0.765 bits per heavy atom. The van der Waals surface area contributed by atoms with E-state index >= 15 is 0 Å². The van der Waals surface area contributed by atoms with Gasteiger partial charge in [-0.1, -0.05) is 41.4 Å². The monoisotopic (exact) mass is 296 g/mol. The molecule has 0 heterocycles. The van der Waals surface area contributed by atoms with Gasteiger partial charge >= 0.3 is 12.4 Å². The van der Waals surface area contributed by atoms with Crippen LogP contribution in [0.2, 0.25) is 0 Å². The van der Waals surface area contributed by atoms with Gasteiger partial charge in [0.15, 0.2) is 0 Å². The molecule has 17 heavy (non-hydrogen) atoms. The van der Waals surface area contributed by atoms with Crippen LogP contribution in [0.3, 0.4) is 0 Å². The second kappa shape index (κ2) is 4.24. The molecule has 0 bridgehead atoms. The van der Waals surface area contributed by atoms with Crippen molar-refractivity contribution in [3.63, 3.8) is 0 Å². The van der Waals surface area contributed by atoms with E-state index in [0.717, 1.165) is 12.1 Å². The van der Waals surface area contributed by atoms with Gasteiger partial charge < -0.3 is 0 Å². The fourth-order valence-electron chi connectivity index (χ4n) is 1.16. The van der Waals surface area contributed by atoms with E-state index in [9.17, 15) is 26.3 Å². The molecule has 0 aliphatic heterocycles. The van der Waals surface area contributed by atoms with E-state index in [2.05, 4.69) is 0 Å². The van der Waals surface area contributed by atoms with Crippen LogP contribution >= 0.6 is 23.2 Å². The first kappa shape index (κ1) is 14.4. The Morgan fingerprint density at radius 3 is 1.53 bits per heavy atom. The zero-order chi connectivity index (χ0) is 13.5. The lowest BCUT2D eigenvalue weighted by Gasteiger charge is -2.26. The number of benzene rings is 1. The zero-order valence-electron chi connectivity index (χ0n) is 7.83. The number of halogens is 8. The van der Waals surface area contributed by atoms with E-state index in [4.69, 9.17) is 23.2 Å². The third kappa shape index (κ3) is 2.80. The molecular weight excluding hydrogens is 293 g/mol. The fraction of sp³-hybridized carbons (Fsp3) is 0.333. The maximum atomic E-state index is 12.5. The zero-order valence-corrected chi connectivity index (χ0v) is 9.34. The molecule has 0 aliphatic carbocycles. The molecule has 0 aliphatic rings. The van der Waals surface area contributed by atoms with Crippen molar-refractivity contribution in [2.75, 3.05) is 0 Å². The molecule has 0 fully saturated rings. The van der Waals surface area contributed by atoms with Gasteiger partial charge in [0.05, 0.1) is 5.56 Å². The third-order valence-corrected chi connectivity index (χ3v) is 2.76. The highest BCUT2D eigenvalue weighted by Crippen LogP contribution is 2.51. The number of alkyl halides is 8. The van der Waals surface area contributed by atoms with Crippen LogP contribution in [0, 0.1) is 0 Å². The summed E-state index contributed by atoms with van der Waals surface area (Å²) in [5, 5.41) is 0. The minimum absolute atomic E-state index is 0.487. The second-order valence-electron chi connectivity index (χ2n) is 3.12. The Labute approximate surface area is 102 Å². The van der Waals surface area contributed by atoms with Crippen molar-refractivity contribution in [2.45, 2.75) is 16.7 Å². The van der Waals surface area contributed by atoms with E-state index in [0.29, 0.717) is 12.1 Å². The predicted octanol–water partition coefficient (Wildman–Crippen LogP) is 4.90. The molecule has 1 aromatic carbocycles. The Bertz CT molecular complexity index is 407. The minimum atomic E-state index is -5.21. The molecule has 0 atom stereocenters. The SMILES string of the molecule is FC(F)(F)c1ccccc1C(Cl)(Cl)C(F)(F)F. The van der Waals surface area contributed by atoms with Crippen LogP contribution in [0.4, 0.5) is 26.3 Å². The summed E-state index contributed by atoms with van der Waals surface area (Å²) in [6.45, 7) is 0. The summed E-state index contributed by atoms with van der Waals surface area (Å²) in [6, 6.07) is 3.03. The molecule has 8 heteroatoms. The normalized spacial score (nSPS) is 13.9. The van der Waals surface area contributed by atoms with Crippen molar-refractivity contribution >= 4 is 23.2 Å². The second-order valence-corrected chi connectivity index (χ2v) is 4.44. The van der Waals surface area contributed by atoms with Crippen LogP contribution in [0.5, 0.6) is 0 Å². The Kier molecular flexibility index (Phi) is 3.60.